The molecule has 2 unspecified atom stereocenters. The van der Waals surface area contributed by atoms with Gasteiger partial charge in [0.05, 0.1) is 24.2 Å². The van der Waals surface area contributed by atoms with E-state index >= 15 is 0 Å². The molecular formula is C22H25ClN2O5S. The van der Waals surface area contributed by atoms with Crippen LogP contribution in [0.15, 0.2) is 53.4 Å². The van der Waals surface area contributed by atoms with E-state index in [2.05, 4.69) is 4.72 Å². The van der Waals surface area contributed by atoms with Gasteiger partial charge < -0.3 is 14.4 Å². The molecule has 0 aliphatic carbocycles. The Balaban J connectivity index is 1.39. The first-order valence-corrected chi connectivity index (χ1v) is 12.2. The van der Waals surface area contributed by atoms with E-state index in [-0.39, 0.29) is 29.6 Å². The van der Waals surface area contributed by atoms with Gasteiger partial charge in [0.15, 0.2) is 0 Å². The van der Waals surface area contributed by atoms with Crippen molar-refractivity contribution in [3.63, 3.8) is 0 Å². The van der Waals surface area contributed by atoms with Crippen LogP contribution in [0.2, 0.25) is 5.02 Å². The van der Waals surface area contributed by atoms with Crippen molar-refractivity contribution in [1.29, 1.82) is 0 Å². The summed E-state index contributed by atoms with van der Waals surface area (Å²) in [5.41, 5.74) is 1.40. The van der Waals surface area contributed by atoms with Crippen molar-refractivity contribution >= 4 is 27.5 Å². The summed E-state index contributed by atoms with van der Waals surface area (Å²) >= 11 is 5.95. The van der Waals surface area contributed by atoms with Crippen LogP contribution in [0.1, 0.15) is 34.9 Å². The Morgan fingerprint density at radius 3 is 2.48 bits per heavy atom. The Hall–Kier alpha value is -1.97. The second-order valence-electron chi connectivity index (χ2n) is 7.67. The summed E-state index contributed by atoms with van der Waals surface area (Å²) in [7, 11) is -3.65. The Morgan fingerprint density at radius 2 is 1.81 bits per heavy atom. The molecule has 2 saturated heterocycles. The van der Waals surface area contributed by atoms with E-state index in [1.807, 2.05) is 12.1 Å². The van der Waals surface area contributed by atoms with Gasteiger partial charge in [-0.2, -0.15) is 0 Å². The van der Waals surface area contributed by atoms with Gasteiger partial charge in [-0.15, -0.1) is 0 Å². The predicted octanol–water partition coefficient (Wildman–Crippen LogP) is 3.01. The Labute approximate surface area is 187 Å². The SMILES string of the molecule is O=C(c1ccc(S(=O)(=O)NCC2CCCO2)cc1)N1CCOC(c2ccc(Cl)cc2)C1. The first-order chi connectivity index (χ1) is 14.9. The molecule has 2 aromatic carbocycles. The fourth-order valence-electron chi connectivity index (χ4n) is 3.76. The van der Waals surface area contributed by atoms with Crippen LogP contribution in [0.3, 0.4) is 0 Å². The smallest absolute Gasteiger partial charge is 0.254 e. The molecule has 1 amide bonds. The molecule has 0 aromatic heterocycles. The molecule has 166 valence electrons. The van der Waals surface area contributed by atoms with Crippen molar-refractivity contribution in [3.8, 4) is 0 Å². The summed E-state index contributed by atoms with van der Waals surface area (Å²) in [6.07, 6.45) is 1.50. The summed E-state index contributed by atoms with van der Waals surface area (Å²) in [6, 6.07) is 13.4. The Morgan fingerprint density at radius 1 is 1.06 bits per heavy atom. The minimum Gasteiger partial charge on any atom is -0.377 e. The topological polar surface area (TPSA) is 84.9 Å². The Bertz CT molecular complexity index is 1010. The molecule has 7 nitrogen and oxygen atoms in total. The standard InChI is InChI=1S/C22H25ClN2O5S/c23-18-7-3-16(4-8-18)21-15-25(11-13-30-21)22(26)17-5-9-20(10-6-17)31(27,28)24-14-19-2-1-12-29-19/h3-10,19,21,24H,1-2,11-15H2. The summed E-state index contributed by atoms with van der Waals surface area (Å²) in [5.74, 6) is -0.154. The van der Waals surface area contributed by atoms with Crippen molar-refractivity contribution in [2.24, 2.45) is 0 Å². The zero-order valence-corrected chi connectivity index (χ0v) is 18.6. The number of halogens is 1. The molecule has 2 aromatic rings. The van der Waals surface area contributed by atoms with Crippen LogP contribution in [-0.2, 0) is 19.5 Å². The van der Waals surface area contributed by atoms with Gasteiger partial charge in [-0.05, 0) is 54.8 Å². The van der Waals surface area contributed by atoms with Crippen LogP contribution in [0.25, 0.3) is 0 Å². The predicted molar refractivity (Wildman–Crippen MR) is 117 cm³/mol. The second-order valence-corrected chi connectivity index (χ2v) is 9.88. The zero-order chi connectivity index (χ0) is 21.8. The van der Waals surface area contributed by atoms with E-state index in [1.54, 1.807) is 29.2 Å². The number of rotatable bonds is 6. The second kappa shape index (κ2) is 9.67. The molecule has 2 aliphatic rings. The monoisotopic (exact) mass is 464 g/mol. The quantitative estimate of drug-likeness (QED) is 0.710. The summed E-state index contributed by atoms with van der Waals surface area (Å²) in [6.45, 7) is 2.25. The molecule has 0 bridgehead atoms. The van der Waals surface area contributed by atoms with Gasteiger partial charge >= 0.3 is 0 Å². The van der Waals surface area contributed by atoms with Crippen LogP contribution in [0, 0.1) is 0 Å². The number of amides is 1. The Kier molecular flexibility index (Phi) is 6.93. The average molecular weight is 465 g/mol. The molecule has 9 heteroatoms. The lowest BCUT2D eigenvalue weighted by Crippen LogP contribution is -2.42. The number of nitrogens with zero attached hydrogens (tertiary/aromatic N) is 1. The first-order valence-electron chi connectivity index (χ1n) is 10.3. The maximum atomic E-state index is 13.0. The highest BCUT2D eigenvalue weighted by Gasteiger charge is 2.27. The van der Waals surface area contributed by atoms with E-state index in [4.69, 9.17) is 21.1 Å². The van der Waals surface area contributed by atoms with E-state index in [9.17, 15) is 13.2 Å². The number of hydrogen-bond acceptors (Lipinski definition) is 5. The largest absolute Gasteiger partial charge is 0.377 e. The molecule has 1 N–H and O–H groups in total. The number of carbonyl (C=O) groups is 1. The maximum absolute atomic E-state index is 13.0. The molecule has 2 aliphatic heterocycles. The minimum absolute atomic E-state index is 0.0782. The van der Waals surface area contributed by atoms with Crippen LogP contribution in [-0.4, -0.2) is 58.2 Å². The molecule has 0 spiro atoms. The highest BCUT2D eigenvalue weighted by molar-refractivity contribution is 7.89. The molecule has 2 heterocycles. The number of ether oxygens (including phenoxy) is 2. The van der Waals surface area contributed by atoms with Gasteiger partial charge in [0, 0.05) is 30.3 Å². The van der Waals surface area contributed by atoms with Crippen LogP contribution in [0.5, 0.6) is 0 Å². The molecule has 0 radical (unpaired) electrons. The fraction of sp³-hybridized carbons (Fsp3) is 0.409. The minimum atomic E-state index is -3.65. The average Bonchev–Trinajstić information content (AvgIpc) is 3.32. The highest BCUT2D eigenvalue weighted by Crippen LogP contribution is 2.25. The van der Waals surface area contributed by atoms with Gasteiger partial charge in [-0.25, -0.2) is 13.1 Å². The lowest BCUT2D eigenvalue weighted by atomic mass is 10.1. The lowest BCUT2D eigenvalue weighted by Gasteiger charge is -2.33. The van der Waals surface area contributed by atoms with Gasteiger partial charge in [0.25, 0.3) is 5.91 Å². The van der Waals surface area contributed by atoms with Crippen LogP contribution in [0.4, 0.5) is 0 Å². The summed E-state index contributed by atoms with van der Waals surface area (Å²) in [4.78, 5) is 14.8. The summed E-state index contributed by atoms with van der Waals surface area (Å²) in [5, 5.41) is 0.646. The lowest BCUT2D eigenvalue weighted by molar-refractivity contribution is -0.0228. The molecule has 2 atom stereocenters. The number of morpholine rings is 1. The van der Waals surface area contributed by atoms with Crippen molar-refractivity contribution in [2.45, 2.75) is 29.9 Å². The molecular weight excluding hydrogens is 440 g/mol. The molecule has 2 fully saturated rings. The van der Waals surface area contributed by atoms with Crippen molar-refractivity contribution in [1.82, 2.24) is 9.62 Å². The van der Waals surface area contributed by atoms with E-state index in [0.29, 0.717) is 36.9 Å². The normalized spacial score (nSPS) is 21.9. The number of carbonyl (C=O) groups excluding carboxylic acids is 1. The van der Waals surface area contributed by atoms with Gasteiger partial charge in [0.1, 0.15) is 6.10 Å². The van der Waals surface area contributed by atoms with Gasteiger partial charge in [-0.1, -0.05) is 23.7 Å². The fourth-order valence-corrected chi connectivity index (χ4v) is 4.96. The number of hydrogen-bond donors (Lipinski definition) is 1. The molecule has 4 rings (SSSR count). The van der Waals surface area contributed by atoms with E-state index in [1.165, 1.54) is 12.1 Å². The number of sulfonamides is 1. The number of benzene rings is 2. The molecule has 0 saturated carbocycles. The highest BCUT2D eigenvalue weighted by atomic mass is 35.5. The third kappa shape index (κ3) is 5.45. The third-order valence-electron chi connectivity index (χ3n) is 5.53. The van der Waals surface area contributed by atoms with Crippen molar-refractivity contribution < 1.29 is 22.7 Å². The first kappa shape index (κ1) is 22.2. The van der Waals surface area contributed by atoms with Crippen molar-refractivity contribution in [2.75, 3.05) is 32.8 Å². The third-order valence-corrected chi connectivity index (χ3v) is 7.22. The van der Waals surface area contributed by atoms with Crippen LogP contribution >= 0.6 is 11.6 Å². The van der Waals surface area contributed by atoms with E-state index in [0.717, 1.165) is 18.4 Å². The maximum Gasteiger partial charge on any atom is 0.254 e. The number of nitrogens with one attached hydrogen (secondary N) is 1. The zero-order valence-electron chi connectivity index (χ0n) is 17.0. The molecule has 31 heavy (non-hydrogen) atoms. The van der Waals surface area contributed by atoms with Gasteiger partial charge in [0.2, 0.25) is 10.0 Å². The van der Waals surface area contributed by atoms with Crippen molar-refractivity contribution in [3.05, 3.63) is 64.7 Å². The van der Waals surface area contributed by atoms with E-state index < -0.39 is 10.0 Å². The van der Waals surface area contributed by atoms with Crippen LogP contribution < -0.4 is 4.72 Å². The van der Waals surface area contributed by atoms with Gasteiger partial charge in [-0.3, -0.25) is 4.79 Å². The summed E-state index contributed by atoms with van der Waals surface area (Å²) < 4.78 is 38.9.